The number of ether oxygens (including phenoxy) is 1. The van der Waals surface area contributed by atoms with E-state index in [1.165, 1.54) is 5.56 Å². The summed E-state index contributed by atoms with van der Waals surface area (Å²) in [5.41, 5.74) is 2.69. The van der Waals surface area contributed by atoms with E-state index >= 15 is 0 Å². The summed E-state index contributed by atoms with van der Waals surface area (Å²) in [6.07, 6.45) is 4.01. The van der Waals surface area contributed by atoms with Crippen LogP contribution >= 0.6 is 12.4 Å². The Bertz CT molecular complexity index is 765. The van der Waals surface area contributed by atoms with Crippen LogP contribution in [0.1, 0.15) is 30.4 Å². The second-order valence-electron chi connectivity index (χ2n) is 7.06. The number of hydrogen-bond acceptors (Lipinski definition) is 3. The largest absolute Gasteiger partial charge is 0.494 e. The summed E-state index contributed by atoms with van der Waals surface area (Å²) < 4.78 is 6.13. The molecule has 2 aliphatic rings. The van der Waals surface area contributed by atoms with Crippen LogP contribution in [-0.2, 0) is 16.1 Å². The summed E-state index contributed by atoms with van der Waals surface area (Å²) in [5, 5.41) is 0. The lowest BCUT2D eigenvalue weighted by Crippen LogP contribution is -2.47. The summed E-state index contributed by atoms with van der Waals surface area (Å²) in [4.78, 5) is 15.1. The number of rotatable bonds is 3. The smallest absolute Gasteiger partial charge is 0.170 e. The van der Waals surface area contributed by atoms with E-state index in [1.807, 2.05) is 36.4 Å². The number of ketones is 1. The van der Waals surface area contributed by atoms with Crippen LogP contribution in [0.2, 0.25) is 0 Å². The Morgan fingerprint density at radius 1 is 0.923 bits per heavy atom. The Balaban J connectivity index is 0.00000196. The van der Waals surface area contributed by atoms with Crippen LogP contribution in [0.3, 0.4) is 0 Å². The molecule has 2 aromatic rings. The fraction of sp³-hybridized carbons (Fsp3) is 0.318. The molecule has 1 spiro atoms. The third-order valence-electron chi connectivity index (χ3n) is 5.31. The van der Waals surface area contributed by atoms with Crippen molar-refractivity contribution in [2.45, 2.75) is 31.4 Å². The second-order valence-corrected chi connectivity index (χ2v) is 7.06. The zero-order valence-corrected chi connectivity index (χ0v) is 15.6. The number of piperidine rings is 1. The number of nitrogens with zero attached hydrogens (tertiary/aromatic N) is 1. The highest BCUT2D eigenvalue weighted by atomic mass is 35.5. The molecule has 0 N–H and O–H groups in total. The molecule has 4 rings (SSSR count). The van der Waals surface area contributed by atoms with Gasteiger partial charge in [-0.25, -0.2) is 0 Å². The lowest BCUT2D eigenvalue weighted by atomic mass is 9.82. The Labute approximate surface area is 161 Å². The molecule has 3 nitrogen and oxygen atoms in total. The predicted molar refractivity (Wildman–Crippen MR) is 106 cm³/mol. The molecule has 0 unspecified atom stereocenters. The molecule has 0 bridgehead atoms. The fourth-order valence-corrected chi connectivity index (χ4v) is 3.78. The minimum absolute atomic E-state index is 0. The molecule has 136 valence electrons. The summed E-state index contributed by atoms with van der Waals surface area (Å²) >= 11 is 0. The maximum Gasteiger partial charge on any atom is 0.170 e. The van der Waals surface area contributed by atoms with Gasteiger partial charge in [0.1, 0.15) is 5.60 Å². The molecule has 1 fully saturated rings. The number of carbonyl (C=O) groups is 1. The molecule has 0 amide bonds. The number of carbonyl (C=O) groups excluding carboxylic acids is 1. The van der Waals surface area contributed by atoms with E-state index in [1.54, 1.807) is 6.26 Å². The van der Waals surface area contributed by atoms with Crippen molar-refractivity contribution in [2.24, 2.45) is 0 Å². The van der Waals surface area contributed by atoms with E-state index in [4.69, 9.17) is 4.74 Å². The SMILES string of the molecule is Cl.O=C1CC2(CCN(Cc3ccccc3)CC2)OC=C1c1ccccc1. The number of Topliss-reactive ketones (excluding diaryl/α,β-unsaturated/α-hetero) is 1. The van der Waals surface area contributed by atoms with Crippen molar-refractivity contribution < 1.29 is 9.53 Å². The molecule has 0 aromatic heterocycles. The number of hydrogen-bond donors (Lipinski definition) is 0. The first-order valence-electron chi connectivity index (χ1n) is 8.97. The molecule has 26 heavy (non-hydrogen) atoms. The third-order valence-corrected chi connectivity index (χ3v) is 5.31. The van der Waals surface area contributed by atoms with Gasteiger partial charge in [0.05, 0.1) is 18.3 Å². The topological polar surface area (TPSA) is 29.5 Å². The van der Waals surface area contributed by atoms with E-state index in [9.17, 15) is 4.79 Å². The van der Waals surface area contributed by atoms with E-state index in [0.29, 0.717) is 12.0 Å². The van der Waals surface area contributed by atoms with Crippen LogP contribution in [0, 0.1) is 0 Å². The standard InChI is InChI=1S/C22H23NO2.ClH/c24-21-15-22(25-17-20(21)19-9-5-2-6-10-19)11-13-23(14-12-22)16-18-7-3-1-4-8-18;/h1-10,17H,11-16H2;1H. The van der Waals surface area contributed by atoms with E-state index in [2.05, 4.69) is 29.2 Å². The van der Waals surface area contributed by atoms with Crippen LogP contribution in [0.15, 0.2) is 66.9 Å². The molecular formula is C22H24ClNO2. The molecule has 4 heteroatoms. The van der Waals surface area contributed by atoms with Crippen LogP contribution in [0.4, 0.5) is 0 Å². The summed E-state index contributed by atoms with van der Waals surface area (Å²) in [5.74, 6) is 0.203. The normalized spacial score (nSPS) is 19.4. The molecule has 0 aliphatic carbocycles. The summed E-state index contributed by atoms with van der Waals surface area (Å²) in [7, 11) is 0. The van der Waals surface area contributed by atoms with Gasteiger partial charge in [-0.15, -0.1) is 12.4 Å². The van der Waals surface area contributed by atoms with Gasteiger partial charge in [0.15, 0.2) is 5.78 Å². The molecule has 2 aromatic carbocycles. The van der Waals surface area contributed by atoms with Crippen molar-refractivity contribution in [2.75, 3.05) is 13.1 Å². The van der Waals surface area contributed by atoms with Gasteiger partial charge < -0.3 is 4.74 Å². The first-order valence-corrected chi connectivity index (χ1v) is 8.97. The number of likely N-dealkylation sites (tertiary alicyclic amines) is 1. The highest BCUT2D eigenvalue weighted by Crippen LogP contribution is 2.37. The van der Waals surface area contributed by atoms with Gasteiger partial charge in [0.25, 0.3) is 0 Å². The van der Waals surface area contributed by atoms with Gasteiger partial charge in [-0.3, -0.25) is 9.69 Å². The number of allylic oxidation sites excluding steroid dienone is 1. The third kappa shape index (κ3) is 4.00. The Morgan fingerprint density at radius 2 is 1.54 bits per heavy atom. The van der Waals surface area contributed by atoms with Gasteiger partial charge in [0, 0.05) is 32.5 Å². The quantitative estimate of drug-likeness (QED) is 0.799. The number of halogens is 1. The van der Waals surface area contributed by atoms with E-state index in [-0.39, 0.29) is 23.8 Å². The predicted octanol–water partition coefficient (Wildman–Crippen LogP) is 4.47. The average Bonchev–Trinajstić information content (AvgIpc) is 2.66. The van der Waals surface area contributed by atoms with E-state index in [0.717, 1.165) is 38.0 Å². The molecule has 0 atom stereocenters. The van der Waals surface area contributed by atoms with Crippen LogP contribution in [0.25, 0.3) is 5.57 Å². The minimum atomic E-state index is -0.303. The summed E-state index contributed by atoms with van der Waals surface area (Å²) in [6.45, 7) is 2.91. The van der Waals surface area contributed by atoms with Crippen molar-refractivity contribution >= 4 is 23.8 Å². The van der Waals surface area contributed by atoms with Gasteiger partial charge in [0.2, 0.25) is 0 Å². The number of benzene rings is 2. The fourth-order valence-electron chi connectivity index (χ4n) is 3.78. The monoisotopic (exact) mass is 369 g/mol. The van der Waals surface area contributed by atoms with Gasteiger partial charge in [-0.05, 0) is 11.1 Å². The first kappa shape index (κ1) is 18.7. The van der Waals surface area contributed by atoms with Crippen molar-refractivity contribution in [1.82, 2.24) is 4.90 Å². The second kappa shape index (κ2) is 8.07. The van der Waals surface area contributed by atoms with Gasteiger partial charge in [-0.1, -0.05) is 60.7 Å². The van der Waals surface area contributed by atoms with Crippen molar-refractivity contribution in [3.63, 3.8) is 0 Å². The molecule has 0 saturated carbocycles. The van der Waals surface area contributed by atoms with Crippen molar-refractivity contribution in [3.8, 4) is 0 Å². The molecule has 1 saturated heterocycles. The Morgan fingerprint density at radius 3 is 2.15 bits per heavy atom. The molecule has 2 aliphatic heterocycles. The maximum atomic E-state index is 12.7. The molecule has 2 heterocycles. The Kier molecular flexibility index (Phi) is 5.80. The van der Waals surface area contributed by atoms with Crippen LogP contribution in [0.5, 0.6) is 0 Å². The minimum Gasteiger partial charge on any atom is -0.494 e. The maximum absolute atomic E-state index is 12.7. The highest BCUT2D eigenvalue weighted by molar-refractivity contribution is 6.21. The van der Waals surface area contributed by atoms with Crippen LogP contribution < -0.4 is 0 Å². The molecular weight excluding hydrogens is 346 g/mol. The van der Waals surface area contributed by atoms with Crippen LogP contribution in [-0.4, -0.2) is 29.4 Å². The Hall–Kier alpha value is -2.10. The van der Waals surface area contributed by atoms with E-state index < -0.39 is 0 Å². The lowest BCUT2D eigenvalue weighted by Gasteiger charge is -2.42. The summed E-state index contributed by atoms with van der Waals surface area (Å²) in [6, 6.07) is 20.3. The van der Waals surface area contributed by atoms with Crippen molar-refractivity contribution in [3.05, 3.63) is 78.1 Å². The lowest BCUT2D eigenvalue weighted by molar-refractivity contribution is -0.124. The van der Waals surface area contributed by atoms with Crippen molar-refractivity contribution in [1.29, 1.82) is 0 Å². The zero-order chi connectivity index (χ0) is 17.1. The average molecular weight is 370 g/mol. The molecule has 0 radical (unpaired) electrons. The first-order chi connectivity index (χ1) is 12.2. The zero-order valence-electron chi connectivity index (χ0n) is 14.8. The van der Waals surface area contributed by atoms with Gasteiger partial charge in [-0.2, -0.15) is 0 Å². The van der Waals surface area contributed by atoms with Gasteiger partial charge >= 0.3 is 0 Å². The highest BCUT2D eigenvalue weighted by Gasteiger charge is 2.41.